The maximum absolute atomic E-state index is 11.3. The predicted molar refractivity (Wildman–Crippen MR) is 81.4 cm³/mol. The second-order valence-corrected chi connectivity index (χ2v) is 4.79. The van der Waals surface area contributed by atoms with E-state index < -0.39 is 5.97 Å². The molecular formula is C17H13NO4. The van der Waals surface area contributed by atoms with Crippen molar-refractivity contribution in [2.75, 3.05) is 0 Å². The number of fused-ring (bicyclic) bond motifs is 1. The minimum absolute atomic E-state index is 0.0323. The number of hydrogen-bond acceptors (Lipinski definition) is 3. The van der Waals surface area contributed by atoms with E-state index >= 15 is 0 Å². The highest BCUT2D eigenvalue weighted by Crippen LogP contribution is 2.30. The van der Waals surface area contributed by atoms with Gasteiger partial charge in [0.25, 0.3) is 0 Å². The van der Waals surface area contributed by atoms with Crippen LogP contribution in [0.4, 0.5) is 0 Å². The molecule has 0 atom stereocenters. The van der Waals surface area contributed by atoms with Gasteiger partial charge >= 0.3 is 5.97 Å². The van der Waals surface area contributed by atoms with Gasteiger partial charge in [-0.15, -0.1) is 0 Å². The van der Waals surface area contributed by atoms with Crippen molar-refractivity contribution in [3.05, 3.63) is 65.4 Å². The lowest BCUT2D eigenvalue weighted by molar-refractivity contribution is 0.0696. The van der Waals surface area contributed by atoms with Crippen molar-refractivity contribution >= 4 is 23.2 Å². The van der Waals surface area contributed by atoms with Gasteiger partial charge in [0.2, 0.25) is 0 Å². The number of aromatic carboxylic acids is 1. The van der Waals surface area contributed by atoms with Crippen molar-refractivity contribution in [2.45, 2.75) is 6.61 Å². The molecule has 5 nitrogen and oxygen atoms in total. The van der Waals surface area contributed by atoms with Crippen LogP contribution >= 0.6 is 0 Å². The Balaban J connectivity index is 2.00. The Bertz CT molecular complexity index is 836. The second-order valence-electron chi connectivity index (χ2n) is 4.79. The number of hydrogen-bond donors (Lipinski definition) is 2. The molecule has 1 heterocycles. The van der Waals surface area contributed by atoms with Crippen molar-refractivity contribution in [3.8, 4) is 5.75 Å². The summed E-state index contributed by atoms with van der Waals surface area (Å²) in [5.41, 5.74) is 1.52. The monoisotopic (exact) mass is 295 g/mol. The number of H-pyrrole nitrogens is 1. The molecule has 2 N–H and O–H groups in total. The highest BCUT2D eigenvalue weighted by atomic mass is 16.5. The van der Waals surface area contributed by atoms with E-state index in [9.17, 15) is 14.7 Å². The van der Waals surface area contributed by atoms with E-state index in [0.29, 0.717) is 29.5 Å². The summed E-state index contributed by atoms with van der Waals surface area (Å²) >= 11 is 0. The summed E-state index contributed by atoms with van der Waals surface area (Å²) in [6, 6.07) is 14.7. The maximum atomic E-state index is 11.3. The minimum atomic E-state index is -1.14. The van der Waals surface area contributed by atoms with Crippen LogP contribution in [0.25, 0.3) is 10.9 Å². The van der Waals surface area contributed by atoms with Crippen molar-refractivity contribution in [2.24, 2.45) is 0 Å². The molecule has 110 valence electrons. The number of aldehydes is 1. The average molecular weight is 295 g/mol. The summed E-state index contributed by atoms with van der Waals surface area (Å²) < 4.78 is 5.76. The molecule has 0 spiro atoms. The first kappa shape index (κ1) is 13.9. The molecule has 0 unspecified atom stereocenters. The first-order valence-electron chi connectivity index (χ1n) is 6.70. The van der Waals surface area contributed by atoms with Crippen LogP contribution in [-0.4, -0.2) is 22.3 Å². The third-order valence-electron chi connectivity index (χ3n) is 3.39. The first-order valence-corrected chi connectivity index (χ1v) is 6.70. The summed E-state index contributed by atoms with van der Waals surface area (Å²) in [4.78, 5) is 25.2. The number of ether oxygens (including phenoxy) is 1. The molecule has 2 aromatic carbocycles. The largest absolute Gasteiger partial charge is 0.487 e. The number of carboxylic acids is 1. The fraction of sp³-hybridized carbons (Fsp3) is 0.0588. The highest BCUT2D eigenvalue weighted by molar-refractivity contribution is 6.10. The van der Waals surface area contributed by atoms with E-state index in [4.69, 9.17) is 4.74 Å². The zero-order valence-electron chi connectivity index (χ0n) is 11.6. The van der Waals surface area contributed by atoms with Crippen LogP contribution < -0.4 is 4.74 Å². The van der Waals surface area contributed by atoms with Gasteiger partial charge in [-0.25, -0.2) is 4.79 Å². The van der Waals surface area contributed by atoms with Gasteiger partial charge in [0.05, 0.1) is 16.8 Å². The standard InChI is InChI=1S/C17H13NO4/c19-9-13-15(17(20)21)12-7-4-8-14(16(12)18-13)22-10-11-5-2-1-3-6-11/h1-9,18H,10H2,(H,20,21). The third kappa shape index (κ3) is 2.44. The van der Waals surface area contributed by atoms with Crippen LogP contribution in [0.3, 0.4) is 0 Å². The average Bonchev–Trinajstić information content (AvgIpc) is 2.93. The normalized spacial score (nSPS) is 10.5. The number of para-hydroxylation sites is 1. The number of rotatable bonds is 5. The van der Waals surface area contributed by atoms with Gasteiger partial charge in [-0.1, -0.05) is 42.5 Å². The Morgan fingerprint density at radius 2 is 1.91 bits per heavy atom. The van der Waals surface area contributed by atoms with E-state index in [0.717, 1.165) is 5.56 Å². The Kier molecular flexibility index (Phi) is 3.62. The summed E-state index contributed by atoms with van der Waals surface area (Å²) in [6.07, 6.45) is 0.504. The quantitative estimate of drug-likeness (QED) is 0.708. The van der Waals surface area contributed by atoms with E-state index in [2.05, 4.69) is 4.98 Å². The molecule has 5 heteroatoms. The van der Waals surface area contributed by atoms with Crippen LogP contribution in [0.15, 0.2) is 48.5 Å². The molecule has 0 bridgehead atoms. The van der Waals surface area contributed by atoms with Gasteiger partial charge in [-0.3, -0.25) is 4.79 Å². The van der Waals surface area contributed by atoms with Gasteiger partial charge in [0.1, 0.15) is 12.4 Å². The number of benzene rings is 2. The van der Waals surface area contributed by atoms with E-state index in [1.807, 2.05) is 30.3 Å². The zero-order valence-corrected chi connectivity index (χ0v) is 11.6. The molecular weight excluding hydrogens is 282 g/mol. The summed E-state index contributed by atoms with van der Waals surface area (Å²) in [5, 5.41) is 9.72. The molecule has 0 amide bonds. The number of aromatic nitrogens is 1. The molecule has 0 radical (unpaired) electrons. The predicted octanol–water partition coefficient (Wildman–Crippen LogP) is 3.26. The highest BCUT2D eigenvalue weighted by Gasteiger charge is 2.19. The Morgan fingerprint density at radius 3 is 2.59 bits per heavy atom. The second kappa shape index (κ2) is 5.73. The molecule has 3 aromatic rings. The van der Waals surface area contributed by atoms with Crippen molar-refractivity contribution in [3.63, 3.8) is 0 Å². The maximum Gasteiger partial charge on any atom is 0.338 e. The third-order valence-corrected chi connectivity index (χ3v) is 3.39. The van der Waals surface area contributed by atoms with Crippen LogP contribution in [-0.2, 0) is 6.61 Å². The smallest absolute Gasteiger partial charge is 0.338 e. The van der Waals surface area contributed by atoms with Gasteiger partial charge in [-0.2, -0.15) is 0 Å². The van der Waals surface area contributed by atoms with Crippen molar-refractivity contribution < 1.29 is 19.4 Å². The SMILES string of the molecule is O=Cc1[nH]c2c(OCc3ccccc3)cccc2c1C(=O)O. The van der Waals surface area contributed by atoms with E-state index in [1.165, 1.54) is 0 Å². The number of carbonyl (C=O) groups excluding carboxylic acids is 1. The summed E-state index contributed by atoms with van der Waals surface area (Å²) in [7, 11) is 0. The van der Waals surface area contributed by atoms with Gasteiger partial charge in [0, 0.05) is 5.39 Å². The minimum Gasteiger partial charge on any atom is -0.487 e. The number of carboxylic acid groups (broad SMARTS) is 1. The van der Waals surface area contributed by atoms with Crippen LogP contribution in [0.2, 0.25) is 0 Å². The molecule has 0 aliphatic heterocycles. The number of aromatic amines is 1. The molecule has 0 saturated heterocycles. The van der Waals surface area contributed by atoms with Crippen LogP contribution in [0.1, 0.15) is 26.4 Å². The first-order chi connectivity index (χ1) is 10.7. The molecule has 3 rings (SSSR count). The number of carbonyl (C=O) groups is 2. The molecule has 1 aromatic heterocycles. The topological polar surface area (TPSA) is 79.4 Å². The summed E-state index contributed by atoms with van der Waals surface area (Å²) in [6.45, 7) is 0.359. The van der Waals surface area contributed by atoms with Crippen LogP contribution in [0, 0.1) is 0 Å². The Morgan fingerprint density at radius 1 is 1.14 bits per heavy atom. The van der Waals surface area contributed by atoms with Gasteiger partial charge in [0.15, 0.2) is 6.29 Å². The lowest BCUT2D eigenvalue weighted by Gasteiger charge is -2.07. The fourth-order valence-electron chi connectivity index (χ4n) is 2.39. The Hall–Kier alpha value is -3.08. The zero-order chi connectivity index (χ0) is 15.5. The van der Waals surface area contributed by atoms with E-state index in [1.54, 1.807) is 18.2 Å². The lowest BCUT2D eigenvalue weighted by atomic mass is 10.1. The van der Waals surface area contributed by atoms with Crippen LogP contribution in [0.5, 0.6) is 5.75 Å². The van der Waals surface area contributed by atoms with Crippen molar-refractivity contribution in [1.82, 2.24) is 4.98 Å². The molecule has 22 heavy (non-hydrogen) atoms. The van der Waals surface area contributed by atoms with Gasteiger partial charge < -0.3 is 14.8 Å². The lowest BCUT2D eigenvalue weighted by Crippen LogP contribution is -1.99. The van der Waals surface area contributed by atoms with Crippen molar-refractivity contribution in [1.29, 1.82) is 0 Å². The molecule has 0 aliphatic rings. The fourth-order valence-corrected chi connectivity index (χ4v) is 2.39. The van der Waals surface area contributed by atoms with E-state index in [-0.39, 0.29) is 11.3 Å². The summed E-state index contributed by atoms with van der Waals surface area (Å²) in [5.74, 6) is -0.634. The van der Waals surface area contributed by atoms with Gasteiger partial charge in [-0.05, 0) is 11.6 Å². The number of nitrogens with one attached hydrogen (secondary N) is 1. The molecule has 0 aliphatic carbocycles. The molecule has 0 fully saturated rings. The molecule has 0 saturated carbocycles. The Labute approximate surface area is 126 Å².